The lowest BCUT2D eigenvalue weighted by atomic mass is 10.1. The van der Waals surface area contributed by atoms with Crippen LogP contribution < -0.4 is 5.73 Å². The molecule has 0 radical (unpaired) electrons. The Morgan fingerprint density at radius 3 is 2.94 bits per heavy atom. The number of nitrogens with zero attached hydrogens (tertiary/aromatic N) is 2. The molecule has 2 aliphatic heterocycles. The van der Waals surface area contributed by atoms with Gasteiger partial charge in [-0.2, -0.15) is 0 Å². The Morgan fingerprint density at radius 2 is 2.17 bits per heavy atom. The SMILES string of the molecule is CC1CN2CCCC2CN1Cc1ccc(CN)s1. The zero-order chi connectivity index (χ0) is 12.5. The van der Waals surface area contributed by atoms with Gasteiger partial charge in [0, 0.05) is 48.0 Å². The van der Waals surface area contributed by atoms with Gasteiger partial charge in [0.1, 0.15) is 0 Å². The van der Waals surface area contributed by atoms with Crippen molar-refractivity contribution >= 4 is 11.3 Å². The molecule has 2 N–H and O–H groups in total. The molecule has 0 aromatic carbocycles. The Balaban J connectivity index is 1.64. The quantitative estimate of drug-likeness (QED) is 0.905. The average Bonchev–Trinajstić information content (AvgIpc) is 2.98. The molecular weight excluding hydrogens is 242 g/mol. The van der Waals surface area contributed by atoms with Gasteiger partial charge in [0.25, 0.3) is 0 Å². The second-order valence-corrected chi connectivity index (χ2v) is 6.89. The van der Waals surface area contributed by atoms with Gasteiger partial charge >= 0.3 is 0 Å². The lowest BCUT2D eigenvalue weighted by Crippen LogP contribution is -2.54. The normalized spacial score (nSPS) is 29.7. The summed E-state index contributed by atoms with van der Waals surface area (Å²) in [7, 11) is 0. The largest absolute Gasteiger partial charge is 0.326 e. The van der Waals surface area contributed by atoms with E-state index in [2.05, 4.69) is 28.9 Å². The van der Waals surface area contributed by atoms with E-state index in [1.54, 1.807) is 0 Å². The van der Waals surface area contributed by atoms with Crippen molar-refractivity contribution in [3.63, 3.8) is 0 Å². The van der Waals surface area contributed by atoms with Gasteiger partial charge in [-0.1, -0.05) is 0 Å². The van der Waals surface area contributed by atoms with Crippen LogP contribution in [0.25, 0.3) is 0 Å². The van der Waals surface area contributed by atoms with Crippen molar-refractivity contribution < 1.29 is 0 Å². The maximum atomic E-state index is 5.68. The van der Waals surface area contributed by atoms with Gasteiger partial charge in [-0.3, -0.25) is 9.80 Å². The summed E-state index contributed by atoms with van der Waals surface area (Å²) in [5.74, 6) is 0. The van der Waals surface area contributed by atoms with Crippen LogP contribution in [0.15, 0.2) is 12.1 Å². The van der Waals surface area contributed by atoms with Crippen LogP contribution in [-0.2, 0) is 13.1 Å². The molecule has 2 saturated heterocycles. The highest BCUT2D eigenvalue weighted by Gasteiger charge is 2.34. The minimum atomic E-state index is 0.677. The van der Waals surface area contributed by atoms with Crippen molar-refractivity contribution in [1.82, 2.24) is 9.80 Å². The van der Waals surface area contributed by atoms with E-state index in [0.717, 1.165) is 12.6 Å². The molecule has 0 aliphatic carbocycles. The summed E-state index contributed by atoms with van der Waals surface area (Å²) in [6, 6.07) is 5.93. The number of fused-ring (bicyclic) bond motifs is 1. The molecule has 1 aromatic heterocycles. The van der Waals surface area contributed by atoms with Crippen molar-refractivity contribution in [3.05, 3.63) is 21.9 Å². The van der Waals surface area contributed by atoms with Crippen LogP contribution in [0.3, 0.4) is 0 Å². The monoisotopic (exact) mass is 265 g/mol. The molecule has 3 rings (SSSR count). The highest BCUT2D eigenvalue weighted by Crippen LogP contribution is 2.27. The van der Waals surface area contributed by atoms with Crippen LogP contribution >= 0.6 is 11.3 Å². The molecule has 18 heavy (non-hydrogen) atoms. The number of rotatable bonds is 3. The minimum absolute atomic E-state index is 0.677. The molecule has 4 heteroatoms. The maximum Gasteiger partial charge on any atom is 0.0332 e. The minimum Gasteiger partial charge on any atom is -0.326 e. The number of hydrogen-bond donors (Lipinski definition) is 1. The van der Waals surface area contributed by atoms with Crippen LogP contribution in [0.4, 0.5) is 0 Å². The first-order valence-electron chi connectivity index (χ1n) is 7.02. The topological polar surface area (TPSA) is 32.5 Å². The Labute approximate surface area is 114 Å². The number of nitrogens with two attached hydrogens (primary N) is 1. The fourth-order valence-electron chi connectivity index (χ4n) is 3.29. The van der Waals surface area contributed by atoms with E-state index in [9.17, 15) is 0 Å². The number of piperazine rings is 1. The third-order valence-electron chi connectivity index (χ3n) is 4.34. The molecule has 100 valence electrons. The zero-order valence-electron chi connectivity index (χ0n) is 11.1. The molecule has 2 atom stereocenters. The second kappa shape index (κ2) is 5.29. The first kappa shape index (κ1) is 12.6. The van der Waals surface area contributed by atoms with Gasteiger partial charge in [0.15, 0.2) is 0 Å². The summed E-state index contributed by atoms with van der Waals surface area (Å²) in [6.45, 7) is 7.97. The standard InChI is InChI=1S/C14H23N3S/c1-11-8-16-6-2-3-12(16)9-17(11)10-14-5-4-13(7-15)18-14/h4-5,11-12H,2-3,6-10,15H2,1H3. The summed E-state index contributed by atoms with van der Waals surface area (Å²) >= 11 is 1.87. The molecule has 1 aromatic rings. The summed E-state index contributed by atoms with van der Waals surface area (Å²) < 4.78 is 0. The van der Waals surface area contributed by atoms with Gasteiger partial charge in [0.05, 0.1) is 0 Å². The molecule has 0 saturated carbocycles. The lowest BCUT2D eigenvalue weighted by Gasteiger charge is -2.42. The van der Waals surface area contributed by atoms with E-state index < -0.39 is 0 Å². The molecule has 3 heterocycles. The van der Waals surface area contributed by atoms with E-state index in [4.69, 9.17) is 5.73 Å². The third-order valence-corrected chi connectivity index (χ3v) is 5.44. The van der Waals surface area contributed by atoms with E-state index in [0.29, 0.717) is 12.6 Å². The third kappa shape index (κ3) is 2.48. The van der Waals surface area contributed by atoms with Gasteiger partial charge in [0.2, 0.25) is 0 Å². The summed E-state index contributed by atoms with van der Waals surface area (Å²) in [6.07, 6.45) is 2.78. The number of thiophene rings is 1. The maximum absolute atomic E-state index is 5.68. The van der Waals surface area contributed by atoms with Gasteiger partial charge in [-0.05, 0) is 38.4 Å². The average molecular weight is 265 g/mol. The van der Waals surface area contributed by atoms with Crippen molar-refractivity contribution in [2.75, 3.05) is 19.6 Å². The van der Waals surface area contributed by atoms with Crippen molar-refractivity contribution in [2.45, 2.75) is 44.9 Å². The van der Waals surface area contributed by atoms with Crippen molar-refractivity contribution in [3.8, 4) is 0 Å². The smallest absolute Gasteiger partial charge is 0.0332 e. The van der Waals surface area contributed by atoms with Crippen molar-refractivity contribution in [1.29, 1.82) is 0 Å². The molecular formula is C14H23N3S. The Kier molecular flexibility index (Phi) is 3.71. The molecule has 2 fully saturated rings. The van der Waals surface area contributed by atoms with E-state index >= 15 is 0 Å². The van der Waals surface area contributed by atoms with Gasteiger partial charge in [-0.25, -0.2) is 0 Å². The predicted octanol–water partition coefficient (Wildman–Crippen LogP) is 1.88. The predicted molar refractivity (Wildman–Crippen MR) is 76.7 cm³/mol. The second-order valence-electron chi connectivity index (χ2n) is 5.64. The molecule has 2 aliphatic rings. The van der Waals surface area contributed by atoms with Crippen LogP contribution in [-0.4, -0.2) is 41.5 Å². The lowest BCUT2D eigenvalue weighted by molar-refractivity contribution is 0.0547. The van der Waals surface area contributed by atoms with Crippen LogP contribution in [0, 0.1) is 0 Å². The molecule has 3 nitrogen and oxygen atoms in total. The Morgan fingerprint density at radius 1 is 1.33 bits per heavy atom. The summed E-state index contributed by atoms with van der Waals surface area (Å²) in [5.41, 5.74) is 5.68. The molecule has 0 bridgehead atoms. The number of hydrogen-bond acceptors (Lipinski definition) is 4. The van der Waals surface area contributed by atoms with E-state index in [1.165, 1.54) is 42.2 Å². The highest BCUT2D eigenvalue weighted by molar-refractivity contribution is 7.11. The first-order chi connectivity index (χ1) is 8.76. The van der Waals surface area contributed by atoms with E-state index in [-0.39, 0.29) is 0 Å². The Hall–Kier alpha value is -0.420. The van der Waals surface area contributed by atoms with Crippen molar-refractivity contribution in [2.24, 2.45) is 5.73 Å². The van der Waals surface area contributed by atoms with E-state index in [1.807, 2.05) is 11.3 Å². The summed E-state index contributed by atoms with van der Waals surface area (Å²) in [4.78, 5) is 8.10. The zero-order valence-corrected chi connectivity index (χ0v) is 12.0. The highest BCUT2D eigenvalue weighted by atomic mass is 32.1. The first-order valence-corrected chi connectivity index (χ1v) is 7.83. The molecule has 2 unspecified atom stereocenters. The van der Waals surface area contributed by atoms with Crippen LogP contribution in [0.2, 0.25) is 0 Å². The molecule has 0 spiro atoms. The van der Waals surface area contributed by atoms with Gasteiger partial charge < -0.3 is 5.73 Å². The van der Waals surface area contributed by atoms with Crippen LogP contribution in [0.5, 0.6) is 0 Å². The summed E-state index contributed by atoms with van der Waals surface area (Å²) in [5, 5.41) is 0. The Bertz CT molecular complexity index is 403. The fraction of sp³-hybridized carbons (Fsp3) is 0.714. The molecule has 0 amide bonds. The van der Waals surface area contributed by atoms with Crippen LogP contribution in [0.1, 0.15) is 29.5 Å². The van der Waals surface area contributed by atoms with Gasteiger partial charge in [-0.15, -0.1) is 11.3 Å². The fourth-order valence-corrected chi connectivity index (χ4v) is 4.21.